The van der Waals surface area contributed by atoms with Gasteiger partial charge in [-0.2, -0.15) is 127 Å². The summed E-state index contributed by atoms with van der Waals surface area (Å²) in [5.41, 5.74) is -28.6. The number of alkyl halides is 27. The molecule has 0 fully saturated rings. The van der Waals surface area contributed by atoms with Gasteiger partial charge in [0.1, 0.15) is 6.15 Å². The van der Waals surface area contributed by atoms with Gasteiger partial charge < -0.3 is 0 Å². The molecule has 0 aliphatic carbocycles. The molecule has 0 spiro atoms. The molecule has 0 radical (unpaired) electrons. The van der Waals surface area contributed by atoms with Crippen LogP contribution in [0.25, 0.3) is 0 Å². The zero-order chi connectivity index (χ0) is 64.8. The monoisotopic (exact) mass is 1320 g/mol. The number of carbonyl (C=O) groups is 1. The van der Waals surface area contributed by atoms with E-state index in [-0.39, 0.29) is 11.5 Å². The van der Waals surface area contributed by atoms with E-state index >= 15 is 0 Å². The van der Waals surface area contributed by atoms with E-state index in [0.29, 0.717) is 16.0 Å². The normalized spacial score (nSPS) is 13.9. The summed E-state index contributed by atoms with van der Waals surface area (Å²) in [6, 6.07) is 15.5. The van der Waals surface area contributed by atoms with Gasteiger partial charge in [-0.1, -0.05) is 148 Å². The van der Waals surface area contributed by atoms with Gasteiger partial charge in [0.25, 0.3) is 0 Å². The van der Waals surface area contributed by atoms with Gasteiger partial charge in [0.05, 0.1) is 44.5 Å². The fourth-order valence-electron chi connectivity index (χ4n) is 8.67. The van der Waals surface area contributed by atoms with Crippen LogP contribution in [0.1, 0.15) is 66.0 Å². The molecule has 0 aliphatic rings. The molecular formula is C55H28BCl3F24O2S. The Hall–Kier alpha value is -6.83. The van der Waals surface area contributed by atoms with Crippen molar-refractivity contribution in [3.8, 4) is 11.2 Å². The molecular weight excluding hydrogens is 1300 g/mol. The van der Waals surface area contributed by atoms with Gasteiger partial charge >= 0.3 is 49.4 Å². The Labute approximate surface area is 485 Å². The molecule has 458 valence electrons. The predicted molar refractivity (Wildman–Crippen MR) is 271 cm³/mol. The van der Waals surface area contributed by atoms with Gasteiger partial charge in [-0.3, -0.25) is 4.79 Å². The maximum Gasteiger partial charge on any atom is 0.416 e. The number of ketones is 1. The van der Waals surface area contributed by atoms with E-state index < -0.39 is 208 Å². The van der Waals surface area contributed by atoms with Gasteiger partial charge in [0, 0.05) is 16.7 Å². The lowest BCUT2D eigenvalue weighted by molar-refractivity contribution is -0.144. The minimum atomic E-state index is -6.13. The fraction of sp³-hybridized carbons (Fsp3) is 0.182. The average molecular weight is 1330 g/mol. The van der Waals surface area contributed by atoms with E-state index in [9.17, 15) is 114 Å². The Morgan fingerprint density at radius 2 is 0.616 bits per heavy atom. The van der Waals surface area contributed by atoms with E-state index in [1.54, 1.807) is 48.5 Å². The second kappa shape index (κ2) is 24.0. The Bertz CT molecular complexity index is 3280. The standard InChI is InChI=1S/C32H12BF24.C23H16Cl3O2S/c34-25(35,36)13-1-14(26(37,38)39)6-21(5-13)33(22-7-15(27(40,41)42)2-16(8-22)28(43,44)45,23-9-17(29(46,47)48)3-18(10-23)30(49,50)51)24-11-19(31(52,53)54)4-20(12-24)32(55,56)57;24-23(25,26)20-13-11-19(12-14-20)22(27)17-29(28,21-9-5-2-6-10-21)16-15-18-7-3-1-4-8-18/h1-12H;1-14H,17H2/q-1;+1. The third kappa shape index (κ3) is 16.2. The largest absolute Gasteiger partial charge is 0.416 e. The van der Waals surface area contributed by atoms with Gasteiger partial charge in [-0.05, 0) is 54.5 Å². The van der Waals surface area contributed by atoms with Crippen molar-refractivity contribution < 1.29 is 114 Å². The van der Waals surface area contributed by atoms with Gasteiger partial charge in [0.2, 0.25) is 19.5 Å². The minimum Gasteiger partial charge on any atom is -0.289 e. The van der Waals surface area contributed by atoms with Crippen LogP contribution >= 0.6 is 34.8 Å². The molecule has 7 aromatic carbocycles. The molecule has 0 aromatic heterocycles. The lowest BCUT2D eigenvalue weighted by Crippen LogP contribution is -2.75. The van der Waals surface area contributed by atoms with Crippen molar-refractivity contribution in [3.05, 3.63) is 219 Å². The number of hydrogen-bond donors (Lipinski definition) is 0. The quantitative estimate of drug-likeness (QED) is 0.0379. The zero-order valence-corrected chi connectivity index (χ0v) is 44.8. The topological polar surface area (TPSA) is 34.1 Å². The number of Topliss-reactive ketones (excluding diaryl/α,β-unsaturated/α-hetero) is 1. The van der Waals surface area contributed by atoms with Crippen LogP contribution in [-0.4, -0.2) is 17.7 Å². The van der Waals surface area contributed by atoms with Crippen LogP contribution in [0.5, 0.6) is 0 Å². The molecule has 7 rings (SSSR count). The summed E-state index contributed by atoms with van der Waals surface area (Å²) in [7, 11) is -2.94. The highest BCUT2D eigenvalue weighted by Gasteiger charge is 2.47. The predicted octanol–water partition coefficient (Wildman–Crippen LogP) is 17.5. The van der Waals surface area contributed by atoms with E-state index in [2.05, 4.69) is 11.2 Å². The zero-order valence-electron chi connectivity index (χ0n) is 41.7. The van der Waals surface area contributed by atoms with Crippen molar-refractivity contribution in [1.82, 2.24) is 0 Å². The average Bonchev–Trinajstić information content (AvgIpc) is 0.723. The van der Waals surface area contributed by atoms with E-state index in [0.717, 1.165) is 5.56 Å². The molecule has 0 aliphatic heterocycles. The van der Waals surface area contributed by atoms with Gasteiger partial charge in [-0.15, -0.1) is 0 Å². The van der Waals surface area contributed by atoms with Crippen LogP contribution in [0.15, 0.2) is 163 Å². The number of hydrogen-bond acceptors (Lipinski definition) is 2. The second-order valence-corrected chi connectivity index (χ2v) is 23.0. The Morgan fingerprint density at radius 3 is 0.860 bits per heavy atom. The third-order valence-corrected chi connectivity index (χ3v) is 15.4. The molecule has 0 saturated heterocycles. The molecule has 0 N–H and O–H groups in total. The van der Waals surface area contributed by atoms with Crippen molar-refractivity contribution in [3.63, 3.8) is 0 Å². The van der Waals surface area contributed by atoms with Crippen molar-refractivity contribution in [2.75, 3.05) is 5.75 Å². The van der Waals surface area contributed by atoms with Crippen LogP contribution in [-0.2, 0) is 67.3 Å². The summed E-state index contributed by atoms with van der Waals surface area (Å²) < 4.78 is 353. The minimum absolute atomic E-state index is 0.232. The lowest BCUT2D eigenvalue weighted by Gasteiger charge is -2.46. The van der Waals surface area contributed by atoms with E-state index in [1.807, 2.05) is 36.4 Å². The first kappa shape index (κ1) is 68.3. The number of rotatable bonds is 8. The second-order valence-electron chi connectivity index (χ2n) is 18.4. The summed E-state index contributed by atoms with van der Waals surface area (Å²) in [4.78, 5) is 13.4. The highest BCUT2D eigenvalue weighted by molar-refractivity contribution is 8.07. The molecule has 0 bridgehead atoms. The molecule has 31 heteroatoms. The van der Waals surface area contributed by atoms with Gasteiger partial charge in [0.15, 0.2) is 15.9 Å². The van der Waals surface area contributed by atoms with Crippen molar-refractivity contribution in [1.29, 1.82) is 0 Å². The molecule has 7 aromatic rings. The van der Waals surface area contributed by atoms with Crippen molar-refractivity contribution >= 4 is 78.5 Å². The Kier molecular flexibility index (Phi) is 19.1. The number of carbonyl (C=O) groups excluding carboxylic acids is 1. The highest BCUT2D eigenvalue weighted by Crippen LogP contribution is 2.42. The molecule has 0 heterocycles. The molecule has 0 amide bonds. The lowest BCUT2D eigenvalue weighted by atomic mass is 9.12. The highest BCUT2D eigenvalue weighted by atomic mass is 35.6. The SMILES string of the molecule is FC(F)(F)c1cc([B-](c2cc(C(F)(F)F)cc(C(F)(F)F)c2)(c2cc(C(F)(F)F)cc(C(F)(F)F)c2)c2cc(C(F)(F)F)cc(C(F)(F)F)c2)cc(C(F)(F)F)c1.O=C(C[S+](=O)(C#Cc1ccccc1)c1ccccc1)c1ccc(C(Cl)(Cl)Cl)cc1. The Morgan fingerprint density at radius 1 is 0.360 bits per heavy atom. The Balaban J connectivity index is 0.000000340. The number of halogens is 27. The molecule has 86 heavy (non-hydrogen) atoms. The van der Waals surface area contributed by atoms with E-state index in [4.69, 9.17) is 34.8 Å². The van der Waals surface area contributed by atoms with Crippen molar-refractivity contribution in [2.24, 2.45) is 0 Å². The molecule has 1 atom stereocenters. The van der Waals surface area contributed by atoms with E-state index in [1.165, 1.54) is 0 Å². The maximum atomic E-state index is 14.2. The van der Waals surface area contributed by atoms with Crippen LogP contribution in [0.2, 0.25) is 0 Å². The molecule has 2 nitrogen and oxygen atoms in total. The third-order valence-electron chi connectivity index (χ3n) is 12.6. The van der Waals surface area contributed by atoms with Gasteiger partial charge in [-0.25, -0.2) is 0 Å². The van der Waals surface area contributed by atoms with Crippen molar-refractivity contribution in [2.45, 2.75) is 58.1 Å². The summed E-state index contributed by atoms with van der Waals surface area (Å²) in [6.07, 6.45) is -54.8. The van der Waals surface area contributed by atoms with Crippen LogP contribution < -0.4 is 21.9 Å². The first-order valence-corrected chi connectivity index (χ1v) is 26.1. The van der Waals surface area contributed by atoms with Crippen LogP contribution in [0, 0.1) is 11.2 Å². The summed E-state index contributed by atoms with van der Waals surface area (Å²) in [5, 5.41) is 2.86. The first-order chi connectivity index (χ1) is 39.0. The number of benzene rings is 7. The maximum absolute atomic E-state index is 14.2. The van der Waals surface area contributed by atoms with Crippen LogP contribution in [0.3, 0.4) is 0 Å². The fourth-order valence-corrected chi connectivity index (χ4v) is 10.8. The molecule has 0 saturated carbocycles. The smallest absolute Gasteiger partial charge is 0.289 e. The molecule has 1 unspecified atom stereocenters. The first-order valence-electron chi connectivity index (χ1n) is 23.2. The summed E-state index contributed by atoms with van der Waals surface area (Å²) >= 11 is 17.6. The van der Waals surface area contributed by atoms with Crippen LogP contribution in [0.4, 0.5) is 105 Å². The summed E-state index contributed by atoms with van der Waals surface area (Å²) in [5.74, 6) is 2.41. The summed E-state index contributed by atoms with van der Waals surface area (Å²) in [6.45, 7) is 0.